The van der Waals surface area contributed by atoms with E-state index in [1.807, 2.05) is 23.6 Å². The number of carbonyl (C=O) groups excluding carboxylic acids is 1. The Morgan fingerprint density at radius 3 is 2.76 bits per heavy atom. The van der Waals surface area contributed by atoms with Crippen LogP contribution < -0.4 is 0 Å². The molecule has 6 nitrogen and oxygen atoms in total. The molecule has 0 bridgehead atoms. The monoisotopic (exact) mass is 298 g/mol. The van der Waals surface area contributed by atoms with Crippen molar-refractivity contribution in [3.05, 3.63) is 0 Å². The summed E-state index contributed by atoms with van der Waals surface area (Å²) >= 11 is 0. The molecule has 0 aromatic heterocycles. The van der Waals surface area contributed by atoms with Gasteiger partial charge >= 0.3 is 5.97 Å². The summed E-state index contributed by atoms with van der Waals surface area (Å²) in [5, 5.41) is 9.49. The standard InChI is InChI=1S/C15H26N2O4/c1-3-15(14(19)20)5-4-6-16(11-15)10-13(18)17-7-8-21-12(2)9-17/h12H,3-11H2,1-2H3,(H,19,20). The average Bonchev–Trinajstić information content (AvgIpc) is 2.47. The zero-order chi connectivity index (χ0) is 15.5. The van der Waals surface area contributed by atoms with Crippen LogP contribution in [0.5, 0.6) is 0 Å². The molecule has 0 aromatic rings. The molecule has 0 aliphatic carbocycles. The predicted octanol–water partition coefficient (Wildman–Crippen LogP) is 0.811. The zero-order valence-electron chi connectivity index (χ0n) is 13.0. The van der Waals surface area contributed by atoms with Crippen LogP contribution in [0.15, 0.2) is 0 Å². The van der Waals surface area contributed by atoms with Gasteiger partial charge in [-0.15, -0.1) is 0 Å². The van der Waals surface area contributed by atoms with Crippen LogP contribution in [0.2, 0.25) is 0 Å². The fraction of sp³-hybridized carbons (Fsp3) is 0.867. The second-order valence-corrected chi connectivity index (χ2v) is 6.27. The molecule has 2 rings (SSSR count). The van der Waals surface area contributed by atoms with Gasteiger partial charge < -0.3 is 14.7 Å². The number of carboxylic acids is 1. The first-order valence-electron chi connectivity index (χ1n) is 7.82. The van der Waals surface area contributed by atoms with Gasteiger partial charge in [0.05, 0.1) is 24.7 Å². The molecule has 2 unspecified atom stereocenters. The maximum absolute atomic E-state index is 12.4. The number of aliphatic carboxylic acids is 1. The number of rotatable bonds is 4. The van der Waals surface area contributed by atoms with E-state index in [0.717, 1.165) is 13.0 Å². The largest absolute Gasteiger partial charge is 0.481 e. The highest BCUT2D eigenvalue weighted by Gasteiger charge is 2.41. The van der Waals surface area contributed by atoms with Crippen LogP contribution in [0, 0.1) is 5.41 Å². The number of carbonyl (C=O) groups is 2. The molecule has 2 atom stereocenters. The highest BCUT2D eigenvalue weighted by Crippen LogP contribution is 2.33. The van der Waals surface area contributed by atoms with Crippen LogP contribution in [-0.2, 0) is 14.3 Å². The van der Waals surface area contributed by atoms with Crippen LogP contribution in [0.1, 0.15) is 33.1 Å². The molecule has 0 radical (unpaired) electrons. The molecule has 0 aromatic carbocycles. The van der Waals surface area contributed by atoms with Crippen molar-refractivity contribution >= 4 is 11.9 Å². The first-order valence-corrected chi connectivity index (χ1v) is 7.82. The second-order valence-electron chi connectivity index (χ2n) is 6.27. The highest BCUT2D eigenvalue weighted by molar-refractivity contribution is 5.79. The summed E-state index contributed by atoms with van der Waals surface area (Å²) in [6.07, 6.45) is 2.24. The van der Waals surface area contributed by atoms with E-state index < -0.39 is 11.4 Å². The minimum atomic E-state index is -0.734. The van der Waals surface area contributed by atoms with E-state index >= 15 is 0 Å². The van der Waals surface area contributed by atoms with Crippen molar-refractivity contribution in [1.29, 1.82) is 0 Å². The Hall–Kier alpha value is -1.14. The minimum Gasteiger partial charge on any atom is -0.481 e. The van der Waals surface area contributed by atoms with E-state index in [-0.39, 0.29) is 12.0 Å². The molecular weight excluding hydrogens is 272 g/mol. The summed E-state index contributed by atoms with van der Waals surface area (Å²) in [4.78, 5) is 27.7. The third kappa shape index (κ3) is 3.74. The SMILES string of the molecule is CCC1(C(=O)O)CCCN(CC(=O)N2CCOC(C)C2)C1. The van der Waals surface area contributed by atoms with E-state index in [4.69, 9.17) is 4.74 Å². The lowest BCUT2D eigenvalue weighted by Crippen LogP contribution is -2.52. The molecule has 21 heavy (non-hydrogen) atoms. The third-order valence-corrected chi connectivity index (χ3v) is 4.74. The summed E-state index contributed by atoms with van der Waals surface area (Å²) < 4.78 is 5.44. The Kier molecular flexibility index (Phi) is 5.22. The number of carboxylic acid groups (broad SMARTS) is 1. The summed E-state index contributed by atoms with van der Waals surface area (Å²) in [6, 6.07) is 0. The van der Waals surface area contributed by atoms with Crippen LogP contribution in [0.25, 0.3) is 0 Å². The van der Waals surface area contributed by atoms with Crippen molar-refractivity contribution in [2.45, 2.75) is 39.2 Å². The van der Waals surface area contributed by atoms with Crippen molar-refractivity contribution in [3.8, 4) is 0 Å². The van der Waals surface area contributed by atoms with Gasteiger partial charge in [0.2, 0.25) is 5.91 Å². The van der Waals surface area contributed by atoms with Crippen molar-refractivity contribution in [1.82, 2.24) is 9.80 Å². The van der Waals surface area contributed by atoms with Gasteiger partial charge in [-0.1, -0.05) is 6.92 Å². The molecule has 120 valence electrons. The van der Waals surface area contributed by atoms with Crippen LogP contribution in [0.4, 0.5) is 0 Å². The van der Waals surface area contributed by atoms with Crippen LogP contribution in [0.3, 0.4) is 0 Å². The van der Waals surface area contributed by atoms with Crippen LogP contribution in [-0.4, -0.2) is 72.2 Å². The van der Waals surface area contributed by atoms with E-state index in [2.05, 4.69) is 0 Å². The van der Waals surface area contributed by atoms with Crippen molar-refractivity contribution < 1.29 is 19.4 Å². The first-order chi connectivity index (χ1) is 9.97. The third-order valence-electron chi connectivity index (χ3n) is 4.74. The number of ether oxygens (including phenoxy) is 1. The van der Waals surface area contributed by atoms with Gasteiger partial charge in [0.1, 0.15) is 0 Å². The fourth-order valence-corrected chi connectivity index (χ4v) is 3.31. The zero-order valence-corrected chi connectivity index (χ0v) is 13.0. The van der Waals surface area contributed by atoms with E-state index in [9.17, 15) is 14.7 Å². The quantitative estimate of drug-likeness (QED) is 0.832. The van der Waals surface area contributed by atoms with E-state index in [0.29, 0.717) is 45.6 Å². The molecular formula is C15H26N2O4. The van der Waals surface area contributed by atoms with Gasteiger partial charge in [-0.25, -0.2) is 0 Å². The molecule has 6 heteroatoms. The number of morpholine rings is 1. The summed E-state index contributed by atoms with van der Waals surface area (Å²) in [5.41, 5.74) is -0.684. The van der Waals surface area contributed by atoms with Gasteiger partial charge in [-0.05, 0) is 32.7 Å². The topological polar surface area (TPSA) is 70.1 Å². The summed E-state index contributed by atoms with van der Waals surface area (Å²) in [6.45, 7) is 7.34. The second kappa shape index (κ2) is 6.75. The Balaban J connectivity index is 1.93. The van der Waals surface area contributed by atoms with Gasteiger partial charge in [-0.2, -0.15) is 0 Å². The van der Waals surface area contributed by atoms with Crippen molar-refractivity contribution in [2.75, 3.05) is 39.3 Å². The molecule has 1 amide bonds. The average molecular weight is 298 g/mol. The lowest BCUT2D eigenvalue weighted by Gasteiger charge is -2.40. The Bertz CT molecular complexity index is 401. The maximum Gasteiger partial charge on any atom is 0.310 e. The molecule has 0 spiro atoms. The molecule has 2 aliphatic rings. The minimum absolute atomic E-state index is 0.0813. The number of amides is 1. The number of piperidine rings is 1. The van der Waals surface area contributed by atoms with Crippen molar-refractivity contribution in [2.24, 2.45) is 5.41 Å². The number of nitrogens with zero attached hydrogens (tertiary/aromatic N) is 2. The maximum atomic E-state index is 12.4. The molecule has 2 heterocycles. The molecule has 2 fully saturated rings. The molecule has 2 aliphatic heterocycles. The Labute approximate surface area is 126 Å². The first kappa shape index (κ1) is 16.2. The van der Waals surface area contributed by atoms with Gasteiger partial charge in [0.25, 0.3) is 0 Å². The molecule has 2 saturated heterocycles. The lowest BCUT2D eigenvalue weighted by atomic mass is 9.77. The predicted molar refractivity (Wildman–Crippen MR) is 78.0 cm³/mol. The number of hydrogen-bond acceptors (Lipinski definition) is 4. The van der Waals surface area contributed by atoms with Gasteiger partial charge in [0.15, 0.2) is 0 Å². The molecule has 0 saturated carbocycles. The normalized spacial score (nSPS) is 31.1. The summed E-state index contributed by atoms with van der Waals surface area (Å²) in [5.74, 6) is -0.649. The van der Waals surface area contributed by atoms with Gasteiger partial charge in [-0.3, -0.25) is 14.5 Å². The van der Waals surface area contributed by atoms with Crippen LogP contribution >= 0.6 is 0 Å². The lowest BCUT2D eigenvalue weighted by molar-refractivity contribution is -0.154. The highest BCUT2D eigenvalue weighted by atomic mass is 16.5. The summed E-state index contributed by atoms with van der Waals surface area (Å²) in [7, 11) is 0. The Morgan fingerprint density at radius 2 is 2.14 bits per heavy atom. The van der Waals surface area contributed by atoms with E-state index in [1.54, 1.807) is 0 Å². The smallest absolute Gasteiger partial charge is 0.310 e. The Morgan fingerprint density at radius 1 is 1.38 bits per heavy atom. The van der Waals surface area contributed by atoms with E-state index in [1.165, 1.54) is 0 Å². The van der Waals surface area contributed by atoms with Crippen molar-refractivity contribution in [3.63, 3.8) is 0 Å². The number of hydrogen-bond donors (Lipinski definition) is 1. The van der Waals surface area contributed by atoms with Gasteiger partial charge in [0, 0.05) is 19.6 Å². The molecule has 1 N–H and O–H groups in total. The fourth-order valence-electron chi connectivity index (χ4n) is 3.31. The number of likely N-dealkylation sites (tertiary alicyclic amines) is 1.